The smallest absolute Gasteiger partial charge is 0.335 e. The van der Waals surface area contributed by atoms with E-state index in [0.717, 1.165) is 0 Å². The fraction of sp³-hybridized carbons (Fsp3) is 0.455. The molecule has 16 heavy (non-hydrogen) atoms. The summed E-state index contributed by atoms with van der Waals surface area (Å²) in [4.78, 5) is 22.4. The second-order valence-electron chi connectivity index (χ2n) is 3.81. The average molecular weight is 224 g/mol. The summed E-state index contributed by atoms with van der Waals surface area (Å²) in [6, 6.07) is 0. The van der Waals surface area contributed by atoms with Gasteiger partial charge in [-0.05, 0) is 6.42 Å². The van der Waals surface area contributed by atoms with Crippen LogP contribution in [-0.2, 0) is 19.1 Å². The molecule has 2 unspecified atom stereocenters. The first-order valence-electron chi connectivity index (χ1n) is 4.98. The fourth-order valence-electron chi connectivity index (χ4n) is 2.23. The number of aliphatic carboxylic acids is 1. The zero-order valence-electron chi connectivity index (χ0n) is 8.80. The van der Waals surface area contributed by atoms with Crippen molar-refractivity contribution in [3.63, 3.8) is 0 Å². The highest BCUT2D eigenvalue weighted by Crippen LogP contribution is 2.40. The Labute approximate surface area is 92.3 Å². The van der Waals surface area contributed by atoms with Gasteiger partial charge in [-0.2, -0.15) is 0 Å². The predicted molar refractivity (Wildman–Crippen MR) is 53.4 cm³/mol. The van der Waals surface area contributed by atoms with E-state index in [1.807, 2.05) is 0 Å². The number of fused-ring (bicyclic) bond motifs is 1. The van der Waals surface area contributed by atoms with Crippen LogP contribution >= 0.6 is 0 Å². The molecule has 1 N–H and O–H groups in total. The minimum absolute atomic E-state index is 0.166. The van der Waals surface area contributed by atoms with Crippen LogP contribution in [0.4, 0.5) is 0 Å². The van der Waals surface area contributed by atoms with E-state index in [1.165, 1.54) is 13.4 Å². The first-order chi connectivity index (χ1) is 7.65. The summed E-state index contributed by atoms with van der Waals surface area (Å²) in [5.74, 6) is -1.75. The molecule has 1 aliphatic heterocycles. The van der Waals surface area contributed by atoms with E-state index in [0.29, 0.717) is 18.6 Å². The van der Waals surface area contributed by atoms with Crippen LogP contribution in [0.5, 0.6) is 0 Å². The SMILES string of the molecule is COC(=O)C1=CCC2C(C(=O)O)=COCC12. The molecule has 0 aromatic heterocycles. The molecule has 0 spiro atoms. The number of ether oxygens (including phenoxy) is 2. The molecule has 5 heteroatoms. The molecule has 0 fully saturated rings. The quantitative estimate of drug-likeness (QED) is 0.700. The monoisotopic (exact) mass is 224 g/mol. The second kappa shape index (κ2) is 4.00. The Morgan fingerprint density at radius 3 is 2.81 bits per heavy atom. The van der Waals surface area contributed by atoms with E-state index < -0.39 is 11.9 Å². The summed E-state index contributed by atoms with van der Waals surface area (Å²) in [5.41, 5.74) is 0.755. The van der Waals surface area contributed by atoms with E-state index in [1.54, 1.807) is 6.08 Å². The summed E-state index contributed by atoms with van der Waals surface area (Å²) in [6.07, 6.45) is 3.57. The molecule has 2 rings (SSSR count). The molecule has 2 atom stereocenters. The molecule has 0 radical (unpaired) electrons. The number of hydrogen-bond acceptors (Lipinski definition) is 4. The van der Waals surface area contributed by atoms with Crippen LogP contribution in [0.3, 0.4) is 0 Å². The molecule has 0 aromatic rings. The summed E-state index contributed by atoms with van der Waals surface area (Å²) in [5, 5.41) is 8.98. The topological polar surface area (TPSA) is 72.8 Å². The fourth-order valence-corrected chi connectivity index (χ4v) is 2.23. The van der Waals surface area contributed by atoms with Gasteiger partial charge in [0.05, 0.1) is 25.6 Å². The van der Waals surface area contributed by atoms with E-state index >= 15 is 0 Å². The predicted octanol–water partition coefficient (Wildman–Crippen LogP) is 0.721. The Bertz CT molecular complexity index is 393. The number of carboxylic acids is 1. The van der Waals surface area contributed by atoms with Crippen molar-refractivity contribution < 1.29 is 24.2 Å². The number of rotatable bonds is 2. The van der Waals surface area contributed by atoms with E-state index in [2.05, 4.69) is 4.74 Å². The molecule has 0 amide bonds. The van der Waals surface area contributed by atoms with Crippen LogP contribution in [-0.4, -0.2) is 30.8 Å². The number of hydrogen-bond donors (Lipinski definition) is 1. The third kappa shape index (κ3) is 1.58. The second-order valence-corrected chi connectivity index (χ2v) is 3.81. The van der Waals surface area contributed by atoms with Crippen molar-refractivity contribution in [3.05, 3.63) is 23.5 Å². The lowest BCUT2D eigenvalue weighted by molar-refractivity contribution is -0.138. The van der Waals surface area contributed by atoms with Gasteiger partial charge in [-0.15, -0.1) is 0 Å². The number of methoxy groups -OCH3 is 1. The van der Waals surface area contributed by atoms with Gasteiger partial charge in [0.2, 0.25) is 0 Å². The first kappa shape index (κ1) is 10.7. The van der Waals surface area contributed by atoms with Crippen molar-refractivity contribution >= 4 is 11.9 Å². The maximum Gasteiger partial charge on any atom is 0.335 e. The van der Waals surface area contributed by atoms with Crippen molar-refractivity contribution in [2.45, 2.75) is 6.42 Å². The Hall–Kier alpha value is -1.78. The molecule has 0 bridgehead atoms. The van der Waals surface area contributed by atoms with Gasteiger partial charge in [0.25, 0.3) is 0 Å². The van der Waals surface area contributed by atoms with Gasteiger partial charge in [0.15, 0.2) is 0 Å². The molecular formula is C11H12O5. The highest BCUT2D eigenvalue weighted by Gasteiger charge is 2.40. The lowest BCUT2D eigenvalue weighted by Crippen LogP contribution is -2.29. The summed E-state index contributed by atoms with van der Waals surface area (Å²) < 4.78 is 9.74. The first-order valence-corrected chi connectivity index (χ1v) is 4.98. The van der Waals surface area contributed by atoms with Crippen LogP contribution in [0.15, 0.2) is 23.5 Å². The Morgan fingerprint density at radius 1 is 1.44 bits per heavy atom. The van der Waals surface area contributed by atoms with E-state index in [4.69, 9.17) is 9.84 Å². The maximum atomic E-state index is 11.4. The Kier molecular flexibility index (Phi) is 2.68. The number of allylic oxidation sites excluding steroid dienone is 1. The largest absolute Gasteiger partial charge is 0.500 e. The summed E-state index contributed by atoms with van der Waals surface area (Å²) in [6.45, 7) is 0.336. The molecule has 0 saturated carbocycles. The minimum atomic E-state index is -0.991. The number of carbonyl (C=O) groups excluding carboxylic acids is 1. The highest BCUT2D eigenvalue weighted by molar-refractivity contribution is 5.92. The maximum absolute atomic E-state index is 11.4. The number of esters is 1. The Morgan fingerprint density at radius 2 is 2.19 bits per heavy atom. The normalized spacial score (nSPS) is 27.3. The molecule has 1 heterocycles. The third-order valence-corrected chi connectivity index (χ3v) is 3.03. The lowest BCUT2D eigenvalue weighted by Gasteiger charge is -2.26. The van der Waals surface area contributed by atoms with Gasteiger partial charge in [0.1, 0.15) is 0 Å². The van der Waals surface area contributed by atoms with Crippen LogP contribution in [0.1, 0.15) is 6.42 Å². The molecule has 1 aliphatic carbocycles. The molecular weight excluding hydrogens is 212 g/mol. The molecule has 2 aliphatic rings. The molecule has 0 aromatic carbocycles. The van der Waals surface area contributed by atoms with Gasteiger partial charge in [-0.25, -0.2) is 9.59 Å². The standard InChI is InChI=1S/C11H12O5/c1-15-11(14)7-3-2-6-8(7)4-16-5-9(6)10(12)13/h3,5-6,8H,2,4H2,1H3,(H,12,13). The number of carboxylic acid groups (broad SMARTS) is 1. The van der Waals surface area contributed by atoms with Gasteiger partial charge >= 0.3 is 11.9 Å². The van der Waals surface area contributed by atoms with Crippen molar-refractivity contribution in [1.82, 2.24) is 0 Å². The van der Waals surface area contributed by atoms with Crippen LogP contribution in [0.2, 0.25) is 0 Å². The van der Waals surface area contributed by atoms with Gasteiger partial charge in [-0.1, -0.05) is 6.08 Å². The van der Waals surface area contributed by atoms with Crippen LogP contribution < -0.4 is 0 Å². The van der Waals surface area contributed by atoms with Gasteiger partial charge in [0, 0.05) is 17.4 Å². The lowest BCUT2D eigenvalue weighted by atomic mass is 9.85. The van der Waals surface area contributed by atoms with Crippen molar-refractivity contribution in [2.24, 2.45) is 11.8 Å². The Balaban J connectivity index is 2.22. The van der Waals surface area contributed by atoms with E-state index in [9.17, 15) is 9.59 Å². The minimum Gasteiger partial charge on any atom is -0.500 e. The summed E-state index contributed by atoms with van der Waals surface area (Å²) >= 11 is 0. The summed E-state index contributed by atoms with van der Waals surface area (Å²) in [7, 11) is 1.31. The zero-order chi connectivity index (χ0) is 11.7. The van der Waals surface area contributed by atoms with Gasteiger partial charge in [-0.3, -0.25) is 0 Å². The van der Waals surface area contributed by atoms with Crippen LogP contribution in [0.25, 0.3) is 0 Å². The molecule has 86 valence electrons. The highest BCUT2D eigenvalue weighted by atomic mass is 16.5. The molecule has 5 nitrogen and oxygen atoms in total. The third-order valence-electron chi connectivity index (χ3n) is 3.03. The average Bonchev–Trinajstić information content (AvgIpc) is 2.71. The van der Waals surface area contributed by atoms with Crippen molar-refractivity contribution in [1.29, 1.82) is 0 Å². The number of carbonyl (C=O) groups is 2. The van der Waals surface area contributed by atoms with Crippen LogP contribution in [0, 0.1) is 11.8 Å². The van der Waals surface area contributed by atoms with Crippen molar-refractivity contribution in [3.8, 4) is 0 Å². The van der Waals surface area contributed by atoms with E-state index in [-0.39, 0.29) is 17.4 Å². The zero-order valence-corrected chi connectivity index (χ0v) is 8.80. The van der Waals surface area contributed by atoms with Crippen molar-refractivity contribution in [2.75, 3.05) is 13.7 Å². The van der Waals surface area contributed by atoms with Gasteiger partial charge < -0.3 is 14.6 Å². The molecule has 0 saturated heterocycles.